The van der Waals surface area contributed by atoms with Crippen LogP contribution in [0.3, 0.4) is 0 Å². The van der Waals surface area contributed by atoms with Crippen molar-refractivity contribution < 1.29 is 4.79 Å². The third-order valence-corrected chi connectivity index (χ3v) is 5.18. The summed E-state index contributed by atoms with van der Waals surface area (Å²) in [4.78, 5) is 15.0. The van der Waals surface area contributed by atoms with Crippen LogP contribution in [-0.2, 0) is 13.5 Å². The molecule has 0 saturated carbocycles. The van der Waals surface area contributed by atoms with E-state index in [1.807, 2.05) is 54.7 Å². The van der Waals surface area contributed by atoms with Gasteiger partial charge >= 0.3 is 0 Å². The Balaban J connectivity index is 1.69. The molecule has 0 fully saturated rings. The SMILES string of the molecule is Cc1nn(C)c(C)c1-c1cc(C(=O)N2CCCCc3ccccc32)[nH]n1. The van der Waals surface area contributed by atoms with E-state index in [0.29, 0.717) is 5.69 Å². The van der Waals surface area contributed by atoms with Crippen molar-refractivity contribution in [3.63, 3.8) is 0 Å². The van der Waals surface area contributed by atoms with E-state index in [2.05, 4.69) is 21.4 Å². The highest BCUT2D eigenvalue weighted by molar-refractivity contribution is 6.05. The van der Waals surface area contributed by atoms with Crippen molar-refractivity contribution in [2.75, 3.05) is 11.4 Å². The quantitative estimate of drug-likeness (QED) is 0.771. The van der Waals surface area contributed by atoms with E-state index in [4.69, 9.17) is 0 Å². The molecule has 0 aliphatic carbocycles. The average molecular weight is 349 g/mol. The number of benzene rings is 1. The Labute approximate surface area is 152 Å². The van der Waals surface area contributed by atoms with E-state index in [-0.39, 0.29) is 5.91 Å². The Kier molecular flexibility index (Phi) is 4.11. The van der Waals surface area contributed by atoms with E-state index in [1.165, 1.54) is 5.56 Å². The number of anilines is 1. The summed E-state index contributed by atoms with van der Waals surface area (Å²) in [5.74, 6) is -0.0303. The molecule has 0 saturated heterocycles. The highest BCUT2D eigenvalue weighted by Gasteiger charge is 2.24. The minimum absolute atomic E-state index is 0.0303. The number of aryl methyl sites for hydroxylation is 3. The molecular weight excluding hydrogens is 326 g/mol. The molecule has 3 aromatic rings. The van der Waals surface area contributed by atoms with E-state index >= 15 is 0 Å². The zero-order valence-electron chi connectivity index (χ0n) is 15.4. The van der Waals surface area contributed by atoms with E-state index in [9.17, 15) is 4.79 Å². The first-order chi connectivity index (χ1) is 12.6. The molecule has 0 bridgehead atoms. The summed E-state index contributed by atoms with van der Waals surface area (Å²) in [6, 6.07) is 10.0. The van der Waals surface area contributed by atoms with Crippen LogP contribution >= 0.6 is 0 Å². The maximum atomic E-state index is 13.2. The Morgan fingerprint density at radius 2 is 2.00 bits per heavy atom. The van der Waals surface area contributed by atoms with Crippen molar-refractivity contribution in [2.24, 2.45) is 7.05 Å². The number of carbonyl (C=O) groups excluding carboxylic acids is 1. The topological polar surface area (TPSA) is 66.8 Å². The molecule has 3 heterocycles. The standard InChI is InChI=1S/C20H23N5O/c1-13-19(14(2)24(3)23-13)16-12-17(22-21-16)20(26)25-11-7-6-9-15-8-4-5-10-18(15)25/h4-5,8,10,12H,6-7,9,11H2,1-3H3,(H,21,22). The van der Waals surface area contributed by atoms with Gasteiger partial charge in [0.2, 0.25) is 0 Å². The molecule has 1 aromatic carbocycles. The van der Waals surface area contributed by atoms with Crippen LogP contribution in [0.5, 0.6) is 0 Å². The largest absolute Gasteiger partial charge is 0.307 e. The number of aromatic nitrogens is 4. The first kappa shape index (κ1) is 16.6. The van der Waals surface area contributed by atoms with Crippen LogP contribution in [0.2, 0.25) is 0 Å². The normalized spacial score (nSPS) is 14.2. The summed E-state index contributed by atoms with van der Waals surface area (Å²) in [6.45, 7) is 4.70. The average Bonchev–Trinajstić information content (AvgIpc) is 3.12. The third-order valence-electron chi connectivity index (χ3n) is 5.18. The summed E-state index contributed by atoms with van der Waals surface area (Å²) in [5.41, 5.74) is 6.46. The van der Waals surface area contributed by atoms with Gasteiger partial charge in [-0.2, -0.15) is 10.2 Å². The van der Waals surface area contributed by atoms with E-state index in [1.54, 1.807) is 0 Å². The smallest absolute Gasteiger partial charge is 0.276 e. The molecule has 1 aliphatic heterocycles. The Hall–Kier alpha value is -2.89. The van der Waals surface area contributed by atoms with Crippen molar-refractivity contribution in [1.82, 2.24) is 20.0 Å². The summed E-state index contributed by atoms with van der Waals surface area (Å²) >= 11 is 0. The summed E-state index contributed by atoms with van der Waals surface area (Å²) in [6.07, 6.45) is 3.12. The molecule has 0 radical (unpaired) electrons. The van der Waals surface area contributed by atoms with Gasteiger partial charge in [0, 0.05) is 30.5 Å². The number of hydrogen-bond acceptors (Lipinski definition) is 3. The maximum Gasteiger partial charge on any atom is 0.276 e. The molecule has 0 atom stereocenters. The number of para-hydroxylation sites is 1. The van der Waals surface area contributed by atoms with Crippen LogP contribution in [0.4, 0.5) is 5.69 Å². The minimum atomic E-state index is -0.0303. The number of hydrogen-bond donors (Lipinski definition) is 1. The highest BCUT2D eigenvalue weighted by Crippen LogP contribution is 2.29. The summed E-state index contributed by atoms with van der Waals surface area (Å²) in [5, 5.41) is 11.8. The first-order valence-electron chi connectivity index (χ1n) is 9.02. The number of rotatable bonds is 2. The van der Waals surface area contributed by atoms with Gasteiger partial charge in [0.1, 0.15) is 5.69 Å². The van der Waals surface area contributed by atoms with Crippen molar-refractivity contribution in [3.05, 3.63) is 53.0 Å². The molecule has 6 nitrogen and oxygen atoms in total. The zero-order chi connectivity index (χ0) is 18.3. The van der Waals surface area contributed by atoms with Crippen LogP contribution in [-0.4, -0.2) is 32.4 Å². The lowest BCUT2D eigenvalue weighted by atomic mass is 10.1. The molecule has 2 aromatic heterocycles. The lowest BCUT2D eigenvalue weighted by Crippen LogP contribution is -2.32. The van der Waals surface area contributed by atoms with E-state index in [0.717, 1.165) is 54.1 Å². The number of aromatic amines is 1. The van der Waals surface area contributed by atoms with E-state index < -0.39 is 0 Å². The number of nitrogens with one attached hydrogen (secondary N) is 1. The van der Waals surface area contributed by atoms with Gasteiger partial charge in [0.25, 0.3) is 5.91 Å². The molecule has 26 heavy (non-hydrogen) atoms. The van der Waals surface area contributed by atoms with Gasteiger partial charge in [-0.05, 0) is 50.8 Å². The second kappa shape index (κ2) is 6.44. The van der Waals surface area contributed by atoms with Gasteiger partial charge in [0.15, 0.2) is 0 Å². The Bertz CT molecular complexity index is 968. The summed E-state index contributed by atoms with van der Waals surface area (Å²) in [7, 11) is 1.92. The van der Waals surface area contributed by atoms with Crippen LogP contribution in [0.25, 0.3) is 11.3 Å². The molecule has 0 spiro atoms. The number of amides is 1. The fraction of sp³-hybridized carbons (Fsp3) is 0.350. The van der Waals surface area contributed by atoms with Crippen molar-refractivity contribution in [1.29, 1.82) is 0 Å². The molecule has 134 valence electrons. The van der Waals surface area contributed by atoms with Gasteiger partial charge in [-0.15, -0.1) is 0 Å². The lowest BCUT2D eigenvalue weighted by Gasteiger charge is -2.22. The Morgan fingerprint density at radius 1 is 1.19 bits per heavy atom. The maximum absolute atomic E-state index is 13.2. The lowest BCUT2D eigenvalue weighted by molar-refractivity contribution is 0.0982. The molecule has 6 heteroatoms. The molecule has 0 unspecified atom stereocenters. The summed E-state index contributed by atoms with van der Waals surface area (Å²) < 4.78 is 1.84. The number of carbonyl (C=O) groups is 1. The third kappa shape index (κ3) is 2.71. The second-order valence-electron chi connectivity index (χ2n) is 6.88. The minimum Gasteiger partial charge on any atom is -0.307 e. The zero-order valence-corrected chi connectivity index (χ0v) is 15.4. The molecule has 1 N–H and O–H groups in total. The molecule has 4 rings (SSSR count). The number of nitrogens with zero attached hydrogens (tertiary/aromatic N) is 4. The monoisotopic (exact) mass is 349 g/mol. The fourth-order valence-electron chi connectivity index (χ4n) is 3.75. The van der Waals surface area contributed by atoms with Gasteiger partial charge in [0.05, 0.1) is 11.4 Å². The van der Waals surface area contributed by atoms with Gasteiger partial charge in [-0.3, -0.25) is 14.6 Å². The van der Waals surface area contributed by atoms with Crippen LogP contribution in [0.1, 0.15) is 40.3 Å². The van der Waals surface area contributed by atoms with Gasteiger partial charge < -0.3 is 4.90 Å². The fourth-order valence-corrected chi connectivity index (χ4v) is 3.75. The predicted molar refractivity (Wildman–Crippen MR) is 101 cm³/mol. The van der Waals surface area contributed by atoms with Gasteiger partial charge in [-0.1, -0.05) is 18.2 Å². The highest BCUT2D eigenvalue weighted by atomic mass is 16.2. The van der Waals surface area contributed by atoms with Gasteiger partial charge in [-0.25, -0.2) is 0 Å². The van der Waals surface area contributed by atoms with Crippen LogP contribution < -0.4 is 4.90 Å². The molecule has 1 aliphatic rings. The Morgan fingerprint density at radius 3 is 2.77 bits per heavy atom. The van der Waals surface area contributed by atoms with Crippen LogP contribution in [0.15, 0.2) is 30.3 Å². The predicted octanol–water partition coefficient (Wildman–Crippen LogP) is 3.41. The number of H-pyrrole nitrogens is 1. The van der Waals surface area contributed by atoms with Crippen molar-refractivity contribution in [3.8, 4) is 11.3 Å². The molecular formula is C20H23N5O. The number of fused-ring (bicyclic) bond motifs is 1. The second-order valence-corrected chi connectivity index (χ2v) is 6.88. The first-order valence-corrected chi connectivity index (χ1v) is 9.02. The van der Waals surface area contributed by atoms with Crippen molar-refractivity contribution >= 4 is 11.6 Å². The van der Waals surface area contributed by atoms with Crippen LogP contribution in [0, 0.1) is 13.8 Å². The van der Waals surface area contributed by atoms with Crippen molar-refractivity contribution in [2.45, 2.75) is 33.1 Å². The molecule has 1 amide bonds.